The van der Waals surface area contributed by atoms with Gasteiger partial charge < -0.3 is 10.6 Å². The number of carbonyl (C=O) groups excluding carboxylic acids is 3. The lowest BCUT2D eigenvalue weighted by atomic mass is 10.1. The summed E-state index contributed by atoms with van der Waals surface area (Å²) in [6, 6.07) is 5.33. The van der Waals surface area contributed by atoms with Crippen molar-refractivity contribution in [1.82, 2.24) is 19.8 Å². The van der Waals surface area contributed by atoms with Crippen molar-refractivity contribution in [1.29, 1.82) is 0 Å². The van der Waals surface area contributed by atoms with Gasteiger partial charge in [-0.3, -0.25) is 9.69 Å². The van der Waals surface area contributed by atoms with E-state index in [1.54, 1.807) is 12.1 Å². The van der Waals surface area contributed by atoms with E-state index in [0.717, 1.165) is 48.4 Å². The topological polar surface area (TPSA) is 116 Å². The third-order valence-electron chi connectivity index (χ3n) is 6.11. The van der Waals surface area contributed by atoms with Gasteiger partial charge in [0, 0.05) is 33.1 Å². The summed E-state index contributed by atoms with van der Waals surface area (Å²) in [5.74, 6) is 0.0401. The van der Waals surface area contributed by atoms with E-state index in [2.05, 4.69) is 10.6 Å². The van der Waals surface area contributed by atoms with Crippen molar-refractivity contribution in [3.63, 3.8) is 0 Å². The Morgan fingerprint density at radius 3 is 2.41 bits per heavy atom. The van der Waals surface area contributed by atoms with Crippen LogP contribution in [0.4, 0.5) is 9.59 Å². The normalized spacial score (nSPS) is 17.3. The molecule has 1 saturated carbocycles. The molecule has 0 radical (unpaired) electrons. The Kier molecular flexibility index (Phi) is 8.11. The van der Waals surface area contributed by atoms with Crippen LogP contribution < -0.4 is 10.6 Å². The smallest absolute Gasteiger partial charge is 0.331 e. The number of nitrogens with one attached hydrogen (secondary N) is 2. The fraction of sp³-hybridized carbons (Fsp3) is 0.591. The van der Waals surface area contributed by atoms with Crippen LogP contribution in [0, 0.1) is 5.92 Å². The van der Waals surface area contributed by atoms with Gasteiger partial charge in [0.1, 0.15) is 0 Å². The summed E-state index contributed by atoms with van der Waals surface area (Å²) >= 11 is 0. The van der Waals surface area contributed by atoms with Crippen LogP contribution in [0.5, 0.6) is 0 Å². The van der Waals surface area contributed by atoms with Crippen molar-refractivity contribution in [3.05, 3.63) is 29.8 Å². The number of imide groups is 1. The highest BCUT2D eigenvalue weighted by atomic mass is 32.2. The molecule has 5 amide bonds. The first-order valence-corrected chi connectivity index (χ1v) is 12.7. The molecule has 0 bridgehead atoms. The maximum absolute atomic E-state index is 13.1. The number of carbonyl (C=O) groups is 3. The van der Waals surface area contributed by atoms with Crippen LogP contribution in [0.15, 0.2) is 29.2 Å². The zero-order valence-corrected chi connectivity index (χ0v) is 19.3. The molecule has 176 valence electrons. The number of hydrogen-bond acceptors (Lipinski definition) is 5. The SMILES string of the molecule is CNC(=O)N(CC1CCCC1)S(=O)(=O)c1ccc(CCNC(=O)N2CCCCC2=O)cc1. The molecule has 0 spiro atoms. The van der Waals surface area contributed by atoms with Gasteiger partial charge in [0.25, 0.3) is 10.0 Å². The summed E-state index contributed by atoms with van der Waals surface area (Å²) in [4.78, 5) is 37.6. The van der Waals surface area contributed by atoms with Crippen LogP contribution in [0.25, 0.3) is 0 Å². The van der Waals surface area contributed by atoms with E-state index in [-0.39, 0.29) is 29.3 Å². The second kappa shape index (κ2) is 10.8. The van der Waals surface area contributed by atoms with E-state index in [4.69, 9.17) is 0 Å². The average molecular weight is 465 g/mol. The first kappa shape index (κ1) is 24.0. The molecule has 3 rings (SSSR count). The number of urea groups is 2. The Morgan fingerprint density at radius 1 is 1.09 bits per heavy atom. The molecule has 9 nitrogen and oxygen atoms in total. The highest BCUT2D eigenvalue weighted by Crippen LogP contribution is 2.28. The first-order valence-electron chi connectivity index (χ1n) is 11.2. The molecular weight excluding hydrogens is 432 g/mol. The van der Waals surface area contributed by atoms with Crippen LogP contribution in [0.3, 0.4) is 0 Å². The Labute approximate surface area is 189 Å². The second-order valence-corrected chi connectivity index (χ2v) is 10.2. The number of benzene rings is 1. The molecule has 0 atom stereocenters. The summed E-state index contributed by atoms with van der Waals surface area (Å²) in [5, 5.41) is 5.18. The third kappa shape index (κ3) is 5.79. The highest BCUT2D eigenvalue weighted by Gasteiger charge is 2.32. The number of nitrogens with zero attached hydrogens (tertiary/aromatic N) is 2. The Bertz CT molecular complexity index is 926. The van der Waals surface area contributed by atoms with Crippen LogP contribution in [-0.2, 0) is 21.2 Å². The molecule has 1 aromatic rings. The van der Waals surface area contributed by atoms with Crippen LogP contribution in [0.2, 0.25) is 0 Å². The van der Waals surface area contributed by atoms with Gasteiger partial charge in [0.15, 0.2) is 0 Å². The minimum absolute atomic E-state index is 0.0609. The summed E-state index contributed by atoms with van der Waals surface area (Å²) in [6.07, 6.45) is 6.51. The minimum Gasteiger partial charge on any atom is -0.340 e. The molecule has 1 heterocycles. The van der Waals surface area contributed by atoms with Gasteiger partial charge in [-0.1, -0.05) is 25.0 Å². The van der Waals surface area contributed by atoms with Crippen LogP contribution in [0.1, 0.15) is 50.5 Å². The van der Waals surface area contributed by atoms with Gasteiger partial charge in [-0.25, -0.2) is 22.3 Å². The van der Waals surface area contributed by atoms with Gasteiger partial charge in [0.2, 0.25) is 5.91 Å². The first-order chi connectivity index (χ1) is 15.3. The standard InChI is InChI=1S/C22H32N4O5S/c1-23-21(28)26(16-18-6-2-3-7-18)32(30,31)19-11-9-17(10-12-19)13-14-24-22(29)25-15-5-4-8-20(25)27/h9-12,18H,2-8,13-16H2,1H3,(H,23,28)(H,24,29). The van der Waals surface area contributed by atoms with Crippen molar-refractivity contribution in [2.45, 2.75) is 56.3 Å². The Balaban J connectivity index is 1.59. The second-order valence-electron chi connectivity index (χ2n) is 8.37. The van der Waals surface area contributed by atoms with Crippen molar-refractivity contribution in [2.24, 2.45) is 5.92 Å². The quantitative estimate of drug-likeness (QED) is 0.643. The van der Waals surface area contributed by atoms with Crippen LogP contribution in [-0.4, -0.2) is 62.3 Å². The van der Waals surface area contributed by atoms with E-state index in [0.29, 0.717) is 25.9 Å². The third-order valence-corrected chi connectivity index (χ3v) is 7.87. The van der Waals surface area contributed by atoms with Crippen molar-refractivity contribution in [3.8, 4) is 0 Å². The molecule has 1 saturated heterocycles. The monoisotopic (exact) mass is 464 g/mol. The number of hydrogen-bond donors (Lipinski definition) is 2. The number of piperidine rings is 1. The summed E-state index contributed by atoms with van der Waals surface area (Å²) in [6.45, 7) is 0.964. The van der Waals surface area contributed by atoms with Crippen molar-refractivity contribution < 1.29 is 22.8 Å². The fourth-order valence-corrected chi connectivity index (χ4v) is 5.68. The number of amides is 5. The number of rotatable bonds is 7. The maximum Gasteiger partial charge on any atom is 0.331 e. The van der Waals surface area contributed by atoms with Gasteiger partial charge in [0.05, 0.1) is 4.90 Å². The molecule has 2 aliphatic rings. The van der Waals surface area contributed by atoms with Crippen molar-refractivity contribution >= 4 is 28.0 Å². The summed E-state index contributed by atoms with van der Waals surface area (Å²) < 4.78 is 27.2. The largest absolute Gasteiger partial charge is 0.340 e. The van der Waals surface area contributed by atoms with E-state index in [1.807, 2.05) is 0 Å². The van der Waals surface area contributed by atoms with E-state index in [1.165, 1.54) is 24.1 Å². The predicted molar refractivity (Wildman–Crippen MR) is 119 cm³/mol. The maximum atomic E-state index is 13.1. The molecule has 10 heteroatoms. The predicted octanol–water partition coefficient (Wildman–Crippen LogP) is 2.47. The van der Waals surface area contributed by atoms with E-state index >= 15 is 0 Å². The molecule has 32 heavy (non-hydrogen) atoms. The van der Waals surface area contributed by atoms with Gasteiger partial charge in [-0.05, 0) is 55.7 Å². The molecule has 2 N–H and O–H groups in total. The lowest BCUT2D eigenvalue weighted by molar-refractivity contribution is -0.130. The van der Waals surface area contributed by atoms with Gasteiger partial charge >= 0.3 is 12.1 Å². The fourth-order valence-electron chi connectivity index (χ4n) is 4.23. The molecule has 1 aliphatic heterocycles. The van der Waals surface area contributed by atoms with Gasteiger partial charge in [-0.15, -0.1) is 0 Å². The zero-order valence-electron chi connectivity index (χ0n) is 18.5. The summed E-state index contributed by atoms with van der Waals surface area (Å²) in [5.41, 5.74) is 0.844. The molecule has 0 unspecified atom stereocenters. The Hall–Kier alpha value is -2.62. The van der Waals surface area contributed by atoms with Gasteiger partial charge in [-0.2, -0.15) is 0 Å². The average Bonchev–Trinajstić information content (AvgIpc) is 3.31. The summed E-state index contributed by atoms with van der Waals surface area (Å²) in [7, 11) is -2.54. The molecule has 1 aromatic carbocycles. The van der Waals surface area contributed by atoms with Crippen molar-refractivity contribution in [2.75, 3.05) is 26.7 Å². The Morgan fingerprint density at radius 2 is 1.78 bits per heavy atom. The van der Waals surface area contributed by atoms with Crippen LogP contribution >= 0.6 is 0 Å². The lowest BCUT2D eigenvalue weighted by Gasteiger charge is -2.25. The number of likely N-dealkylation sites (tertiary alicyclic amines) is 1. The number of sulfonamides is 1. The zero-order chi connectivity index (χ0) is 23.1. The highest BCUT2D eigenvalue weighted by molar-refractivity contribution is 7.89. The molecule has 2 fully saturated rings. The molecule has 1 aliphatic carbocycles. The minimum atomic E-state index is -3.96. The lowest BCUT2D eigenvalue weighted by Crippen LogP contribution is -2.46. The molecule has 0 aromatic heterocycles. The molecular formula is C22H32N4O5S. The van der Waals surface area contributed by atoms with E-state index < -0.39 is 16.1 Å². The van der Waals surface area contributed by atoms with E-state index in [9.17, 15) is 22.8 Å².